The monoisotopic (exact) mass is 278 g/mol. The second-order valence-electron chi connectivity index (χ2n) is 6.86. The average Bonchev–Trinajstić information content (AvgIpc) is 2.88. The summed E-state index contributed by atoms with van der Waals surface area (Å²) in [5.74, 6) is 1.38. The van der Waals surface area contributed by atoms with E-state index in [2.05, 4.69) is 37.9 Å². The van der Waals surface area contributed by atoms with Crippen LogP contribution in [0.4, 0.5) is 0 Å². The lowest BCUT2D eigenvalue weighted by molar-refractivity contribution is 0.0445. The summed E-state index contributed by atoms with van der Waals surface area (Å²) in [7, 11) is 0. The number of amides is 1. The van der Waals surface area contributed by atoms with Gasteiger partial charge in [-0.15, -0.1) is 0 Å². The Balaban J connectivity index is 1.91. The fourth-order valence-electron chi connectivity index (χ4n) is 3.06. The summed E-state index contributed by atoms with van der Waals surface area (Å²) in [5, 5.41) is 3.01. The molecule has 2 heterocycles. The molecule has 1 amide bonds. The highest BCUT2D eigenvalue weighted by molar-refractivity contribution is 5.93. The number of carbonyl (C=O) groups is 1. The molecule has 1 aromatic heterocycles. The van der Waals surface area contributed by atoms with E-state index in [0.29, 0.717) is 12.1 Å². The van der Waals surface area contributed by atoms with E-state index in [9.17, 15) is 4.79 Å². The Bertz CT molecular complexity index is 429. The van der Waals surface area contributed by atoms with Gasteiger partial charge in [0.2, 0.25) is 0 Å². The fourth-order valence-corrected chi connectivity index (χ4v) is 3.06. The van der Waals surface area contributed by atoms with Crippen LogP contribution in [0.3, 0.4) is 0 Å². The van der Waals surface area contributed by atoms with Crippen LogP contribution < -0.4 is 5.32 Å². The number of nitrogens with zero attached hydrogens (tertiary/aromatic N) is 1. The summed E-state index contributed by atoms with van der Waals surface area (Å²) in [6.07, 6.45) is 4.30. The summed E-state index contributed by atoms with van der Waals surface area (Å²) in [5.41, 5.74) is 0.559. The number of hydrogen-bond acceptors (Lipinski definition) is 3. The van der Waals surface area contributed by atoms with Crippen LogP contribution in [0.5, 0.6) is 0 Å². The highest BCUT2D eigenvalue weighted by Gasteiger charge is 2.32. The Morgan fingerprint density at radius 2 is 2.05 bits per heavy atom. The number of carbonyl (C=O) groups excluding carboxylic acids is 1. The van der Waals surface area contributed by atoms with Crippen LogP contribution >= 0.6 is 0 Å². The molecular weight excluding hydrogens is 252 g/mol. The molecular formula is C16H26N2O2. The van der Waals surface area contributed by atoms with Gasteiger partial charge in [0.05, 0.1) is 11.8 Å². The Morgan fingerprint density at radius 1 is 1.40 bits per heavy atom. The predicted octanol–water partition coefficient (Wildman–Crippen LogP) is 2.77. The molecule has 2 unspecified atom stereocenters. The number of hydrogen-bond donors (Lipinski definition) is 1. The molecule has 2 atom stereocenters. The Hall–Kier alpha value is -1.29. The van der Waals surface area contributed by atoms with Gasteiger partial charge < -0.3 is 9.73 Å². The van der Waals surface area contributed by atoms with E-state index in [1.807, 2.05) is 0 Å². The maximum Gasteiger partial charge on any atom is 0.254 e. The lowest BCUT2D eigenvalue weighted by atomic mass is 9.88. The van der Waals surface area contributed by atoms with Gasteiger partial charge in [-0.25, -0.2) is 0 Å². The zero-order valence-electron chi connectivity index (χ0n) is 13.0. The molecule has 4 heteroatoms. The molecule has 1 aliphatic heterocycles. The third kappa shape index (κ3) is 3.63. The summed E-state index contributed by atoms with van der Waals surface area (Å²) < 4.78 is 4.94. The van der Waals surface area contributed by atoms with E-state index in [4.69, 9.17) is 4.42 Å². The van der Waals surface area contributed by atoms with Gasteiger partial charge in [-0.1, -0.05) is 13.8 Å². The quantitative estimate of drug-likeness (QED) is 0.921. The van der Waals surface area contributed by atoms with Crippen molar-refractivity contribution in [3.8, 4) is 0 Å². The molecule has 1 N–H and O–H groups in total. The molecule has 20 heavy (non-hydrogen) atoms. The molecule has 0 aliphatic carbocycles. The smallest absolute Gasteiger partial charge is 0.254 e. The van der Waals surface area contributed by atoms with Crippen molar-refractivity contribution in [3.63, 3.8) is 0 Å². The number of furan rings is 1. The molecule has 112 valence electrons. The molecule has 1 aromatic rings. The first-order chi connectivity index (χ1) is 9.38. The second-order valence-corrected chi connectivity index (χ2v) is 6.86. The van der Waals surface area contributed by atoms with E-state index in [-0.39, 0.29) is 11.4 Å². The van der Waals surface area contributed by atoms with Crippen LogP contribution in [0.15, 0.2) is 23.0 Å². The third-order valence-electron chi connectivity index (χ3n) is 4.19. The molecule has 1 saturated heterocycles. The minimum atomic E-state index is -0.0649. The minimum Gasteiger partial charge on any atom is -0.472 e. The van der Waals surface area contributed by atoms with Crippen molar-refractivity contribution < 1.29 is 9.21 Å². The average molecular weight is 278 g/mol. The first-order valence-electron chi connectivity index (χ1n) is 7.44. The Morgan fingerprint density at radius 3 is 2.60 bits per heavy atom. The second kappa shape index (κ2) is 6.00. The SMILES string of the molecule is CC1CC(C)CN(C(C)(C)CNC(=O)c2ccoc2)C1. The topological polar surface area (TPSA) is 45.5 Å². The van der Waals surface area contributed by atoms with Crippen LogP contribution in [0.25, 0.3) is 0 Å². The lowest BCUT2D eigenvalue weighted by Crippen LogP contribution is -2.56. The maximum atomic E-state index is 12.0. The van der Waals surface area contributed by atoms with E-state index in [1.165, 1.54) is 18.9 Å². The van der Waals surface area contributed by atoms with Crippen molar-refractivity contribution in [3.05, 3.63) is 24.2 Å². The van der Waals surface area contributed by atoms with Gasteiger partial charge in [-0.2, -0.15) is 0 Å². The first-order valence-corrected chi connectivity index (χ1v) is 7.44. The molecule has 1 fully saturated rings. The van der Waals surface area contributed by atoms with Crippen molar-refractivity contribution in [1.29, 1.82) is 0 Å². The molecule has 0 aromatic carbocycles. The highest BCUT2D eigenvalue weighted by atomic mass is 16.3. The maximum absolute atomic E-state index is 12.0. The zero-order valence-corrected chi connectivity index (χ0v) is 13.0. The largest absolute Gasteiger partial charge is 0.472 e. The van der Waals surface area contributed by atoms with Gasteiger partial charge in [-0.05, 0) is 38.2 Å². The summed E-state index contributed by atoms with van der Waals surface area (Å²) in [6.45, 7) is 11.9. The van der Waals surface area contributed by atoms with E-state index < -0.39 is 0 Å². The van der Waals surface area contributed by atoms with Gasteiger partial charge in [0, 0.05) is 25.2 Å². The van der Waals surface area contributed by atoms with Gasteiger partial charge in [-0.3, -0.25) is 9.69 Å². The van der Waals surface area contributed by atoms with E-state index in [1.54, 1.807) is 6.07 Å². The molecule has 4 nitrogen and oxygen atoms in total. The summed E-state index contributed by atoms with van der Waals surface area (Å²) in [6, 6.07) is 1.69. The van der Waals surface area contributed by atoms with Crippen molar-refractivity contribution in [1.82, 2.24) is 10.2 Å². The number of likely N-dealkylation sites (tertiary alicyclic amines) is 1. The molecule has 0 bridgehead atoms. The van der Waals surface area contributed by atoms with Crippen LogP contribution in [-0.2, 0) is 0 Å². The Labute approximate surface area is 121 Å². The van der Waals surface area contributed by atoms with Crippen molar-refractivity contribution in [2.24, 2.45) is 11.8 Å². The standard InChI is InChI=1S/C16H26N2O2/c1-12-7-13(2)9-18(8-12)16(3,4)11-17-15(19)14-5-6-20-10-14/h5-6,10,12-13H,7-9,11H2,1-4H3,(H,17,19). The van der Waals surface area contributed by atoms with Gasteiger partial charge in [0.15, 0.2) is 0 Å². The van der Waals surface area contributed by atoms with Gasteiger partial charge in [0.1, 0.15) is 6.26 Å². The predicted molar refractivity (Wildman–Crippen MR) is 79.6 cm³/mol. The normalized spacial score (nSPS) is 24.6. The van der Waals surface area contributed by atoms with Gasteiger partial charge in [0.25, 0.3) is 5.91 Å². The Kier molecular flexibility index (Phi) is 4.53. The van der Waals surface area contributed by atoms with E-state index in [0.717, 1.165) is 24.9 Å². The van der Waals surface area contributed by atoms with Crippen molar-refractivity contribution >= 4 is 5.91 Å². The fraction of sp³-hybridized carbons (Fsp3) is 0.688. The molecule has 1 aliphatic rings. The highest BCUT2D eigenvalue weighted by Crippen LogP contribution is 2.26. The number of nitrogens with one attached hydrogen (secondary N) is 1. The molecule has 0 saturated carbocycles. The molecule has 2 rings (SSSR count). The van der Waals surface area contributed by atoms with Gasteiger partial charge >= 0.3 is 0 Å². The molecule has 0 spiro atoms. The third-order valence-corrected chi connectivity index (χ3v) is 4.19. The van der Waals surface area contributed by atoms with E-state index >= 15 is 0 Å². The van der Waals surface area contributed by atoms with Crippen molar-refractivity contribution in [2.45, 2.75) is 39.7 Å². The number of piperidine rings is 1. The zero-order chi connectivity index (χ0) is 14.8. The minimum absolute atomic E-state index is 0.0255. The van der Waals surface area contributed by atoms with Crippen LogP contribution in [0.2, 0.25) is 0 Å². The summed E-state index contributed by atoms with van der Waals surface area (Å²) in [4.78, 5) is 14.5. The van der Waals surface area contributed by atoms with Crippen LogP contribution in [0.1, 0.15) is 44.5 Å². The van der Waals surface area contributed by atoms with Crippen LogP contribution in [-0.4, -0.2) is 36.0 Å². The summed E-state index contributed by atoms with van der Waals surface area (Å²) >= 11 is 0. The number of rotatable bonds is 4. The molecule has 0 radical (unpaired) electrons. The van der Waals surface area contributed by atoms with Crippen LogP contribution in [0, 0.1) is 11.8 Å². The first kappa shape index (κ1) is 15.1. The van der Waals surface area contributed by atoms with Crippen molar-refractivity contribution in [2.75, 3.05) is 19.6 Å². The lowest BCUT2D eigenvalue weighted by Gasteiger charge is -2.45.